The van der Waals surface area contributed by atoms with E-state index in [1.165, 1.54) is 6.07 Å². The fraction of sp³-hybridized carbons (Fsp3) is 0.429. The largest absolute Gasteiger partial charge is 0.416 e. The number of piperidine rings is 1. The van der Waals surface area contributed by atoms with Gasteiger partial charge in [-0.25, -0.2) is 0 Å². The maximum atomic E-state index is 12.7. The minimum atomic E-state index is -4.38. The van der Waals surface area contributed by atoms with E-state index in [9.17, 15) is 13.2 Å². The summed E-state index contributed by atoms with van der Waals surface area (Å²) in [6, 6.07) is 4.95. The van der Waals surface area contributed by atoms with Crippen LogP contribution in [-0.2, 0) is 6.18 Å². The third-order valence-corrected chi connectivity index (χ3v) is 3.54. The average molecular weight is 297 g/mol. The molecule has 4 nitrogen and oxygen atoms in total. The Morgan fingerprint density at radius 1 is 1.29 bits per heavy atom. The zero-order chi connectivity index (χ0) is 14.9. The van der Waals surface area contributed by atoms with Gasteiger partial charge in [0.05, 0.1) is 11.5 Å². The predicted octanol–water partition coefficient (Wildman–Crippen LogP) is 3.22. The molecule has 1 aromatic heterocycles. The summed E-state index contributed by atoms with van der Waals surface area (Å²) >= 11 is 0. The van der Waals surface area contributed by atoms with Crippen molar-refractivity contribution in [3.8, 4) is 11.4 Å². The molecule has 0 aliphatic carbocycles. The van der Waals surface area contributed by atoms with Crippen LogP contribution in [0.5, 0.6) is 0 Å². The lowest BCUT2D eigenvalue weighted by molar-refractivity contribution is -0.137. The Bertz CT molecular complexity index is 618. The summed E-state index contributed by atoms with van der Waals surface area (Å²) in [5.74, 6) is 0.807. The molecule has 0 saturated carbocycles. The minimum Gasteiger partial charge on any atom is -0.339 e. The molecule has 7 heteroatoms. The average Bonchev–Trinajstić information content (AvgIpc) is 2.97. The maximum Gasteiger partial charge on any atom is 0.416 e. The Labute approximate surface area is 119 Å². The van der Waals surface area contributed by atoms with E-state index in [2.05, 4.69) is 15.5 Å². The highest BCUT2D eigenvalue weighted by Gasteiger charge is 2.31. The summed E-state index contributed by atoms with van der Waals surface area (Å²) in [5, 5.41) is 7.04. The number of hydrogen-bond acceptors (Lipinski definition) is 4. The van der Waals surface area contributed by atoms with E-state index in [4.69, 9.17) is 4.52 Å². The Morgan fingerprint density at radius 2 is 2.14 bits per heavy atom. The van der Waals surface area contributed by atoms with Crippen molar-refractivity contribution in [2.45, 2.75) is 24.9 Å². The van der Waals surface area contributed by atoms with Crippen molar-refractivity contribution in [3.63, 3.8) is 0 Å². The van der Waals surface area contributed by atoms with E-state index >= 15 is 0 Å². The molecule has 1 saturated heterocycles. The van der Waals surface area contributed by atoms with Gasteiger partial charge in [-0.2, -0.15) is 18.2 Å². The van der Waals surface area contributed by atoms with Gasteiger partial charge in [-0.05, 0) is 31.5 Å². The highest BCUT2D eigenvalue weighted by Crippen LogP contribution is 2.32. The molecule has 1 fully saturated rings. The highest BCUT2D eigenvalue weighted by atomic mass is 19.4. The van der Waals surface area contributed by atoms with Crippen LogP contribution < -0.4 is 5.32 Å². The molecule has 2 heterocycles. The van der Waals surface area contributed by atoms with Crippen LogP contribution in [0.15, 0.2) is 28.8 Å². The lowest BCUT2D eigenvalue weighted by Gasteiger charge is -2.18. The molecule has 1 aliphatic rings. The molecule has 0 amide bonds. The summed E-state index contributed by atoms with van der Waals surface area (Å²) in [7, 11) is 0. The number of benzene rings is 1. The molecule has 3 rings (SSSR count). The van der Waals surface area contributed by atoms with Gasteiger partial charge in [0.15, 0.2) is 0 Å². The van der Waals surface area contributed by atoms with E-state index in [-0.39, 0.29) is 11.7 Å². The molecule has 0 spiro atoms. The van der Waals surface area contributed by atoms with Crippen LogP contribution in [0, 0.1) is 0 Å². The molecule has 112 valence electrons. The number of alkyl halides is 3. The SMILES string of the molecule is FC(F)(F)c1cccc(-c2noc([C@H]3CCCNC3)n2)c1. The quantitative estimate of drug-likeness (QED) is 0.924. The normalized spacial score (nSPS) is 19.7. The van der Waals surface area contributed by atoms with E-state index in [1.54, 1.807) is 6.07 Å². The molecule has 1 atom stereocenters. The second kappa shape index (κ2) is 5.48. The molecule has 21 heavy (non-hydrogen) atoms. The van der Waals surface area contributed by atoms with Gasteiger partial charge in [0, 0.05) is 12.1 Å². The summed E-state index contributed by atoms with van der Waals surface area (Å²) in [5.41, 5.74) is -0.408. The van der Waals surface area contributed by atoms with Gasteiger partial charge in [-0.15, -0.1) is 0 Å². The third-order valence-electron chi connectivity index (χ3n) is 3.54. The molecular weight excluding hydrogens is 283 g/mol. The Kier molecular flexibility index (Phi) is 3.67. The van der Waals surface area contributed by atoms with Crippen LogP contribution in [-0.4, -0.2) is 23.2 Å². The second-order valence-electron chi connectivity index (χ2n) is 5.08. The number of rotatable bonds is 2. The van der Waals surface area contributed by atoms with E-state index in [0.29, 0.717) is 11.5 Å². The van der Waals surface area contributed by atoms with Crippen LogP contribution in [0.25, 0.3) is 11.4 Å². The summed E-state index contributed by atoms with van der Waals surface area (Å²) in [4.78, 5) is 4.24. The van der Waals surface area contributed by atoms with Gasteiger partial charge >= 0.3 is 6.18 Å². The van der Waals surface area contributed by atoms with Crippen LogP contribution >= 0.6 is 0 Å². The fourth-order valence-corrected chi connectivity index (χ4v) is 2.42. The zero-order valence-corrected chi connectivity index (χ0v) is 11.2. The third kappa shape index (κ3) is 3.07. The fourth-order valence-electron chi connectivity index (χ4n) is 2.42. The first-order valence-electron chi connectivity index (χ1n) is 6.76. The predicted molar refractivity (Wildman–Crippen MR) is 69.6 cm³/mol. The number of halogens is 3. The van der Waals surface area contributed by atoms with Crippen molar-refractivity contribution in [2.24, 2.45) is 0 Å². The van der Waals surface area contributed by atoms with Gasteiger partial charge in [-0.1, -0.05) is 17.3 Å². The molecule has 1 aromatic carbocycles. The van der Waals surface area contributed by atoms with Crippen molar-refractivity contribution in [3.05, 3.63) is 35.7 Å². The van der Waals surface area contributed by atoms with Crippen molar-refractivity contribution < 1.29 is 17.7 Å². The van der Waals surface area contributed by atoms with E-state index in [0.717, 1.165) is 38.1 Å². The van der Waals surface area contributed by atoms with Crippen molar-refractivity contribution in [1.29, 1.82) is 0 Å². The van der Waals surface area contributed by atoms with Crippen molar-refractivity contribution in [2.75, 3.05) is 13.1 Å². The van der Waals surface area contributed by atoms with Crippen LogP contribution in [0.1, 0.15) is 30.2 Å². The molecule has 2 aromatic rings. The van der Waals surface area contributed by atoms with Crippen molar-refractivity contribution in [1.82, 2.24) is 15.5 Å². The van der Waals surface area contributed by atoms with Crippen molar-refractivity contribution >= 4 is 0 Å². The van der Waals surface area contributed by atoms with Gasteiger partial charge < -0.3 is 9.84 Å². The summed E-state index contributed by atoms with van der Waals surface area (Å²) in [6.45, 7) is 1.72. The molecule has 0 radical (unpaired) electrons. The Hall–Kier alpha value is -1.89. The van der Waals surface area contributed by atoms with E-state index in [1.807, 2.05) is 0 Å². The molecule has 0 bridgehead atoms. The standard InChI is InChI=1S/C14H14F3N3O/c15-14(16,17)11-5-1-3-9(7-11)12-19-13(21-20-12)10-4-2-6-18-8-10/h1,3,5,7,10,18H,2,4,6,8H2/t10-/m0/s1. The van der Waals surface area contributed by atoms with Crippen LogP contribution in [0.2, 0.25) is 0 Å². The minimum absolute atomic E-state index is 0.130. The molecule has 0 unspecified atom stereocenters. The van der Waals surface area contributed by atoms with Crippen LogP contribution in [0.4, 0.5) is 13.2 Å². The molecule has 1 N–H and O–H groups in total. The lowest BCUT2D eigenvalue weighted by Crippen LogP contribution is -2.28. The van der Waals surface area contributed by atoms with Crippen LogP contribution in [0.3, 0.4) is 0 Å². The highest BCUT2D eigenvalue weighted by molar-refractivity contribution is 5.55. The van der Waals surface area contributed by atoms with Gasteiger partial charge in [-0.3, -0.25) is 0 Å². The summed E-state index contributed by atoms with van der Waals surface area (Å²) in [6.07, 6.45) is -2.42. The first-order valence-corrected chi connectivity index (χ1v) is 6.76. The number of nitrogens with zero attached hydrogens (tertiary/aromatic N) is 2. The van der Waals surface area contributed by atoms with Gasteiger partial charge in [0.2, 0.25) is 11.7 Å². The molecular formula is C14H14F3N3O. The monoisotopic (exact) mass is 297 g/mol. The number of hydrogen-bond donors (Lipinski definition) is 1. The number of nitrogens with one attached hydrogen (secondary N) is 1. The lowest BCUT2D eigenvalue weighted by atomic mass is 10.00. The van der Waals surface area contributed by atoms with Gasteiger partial charge in [0.25, 0.3) is 0 Å². The smallest absolute Gasteiger partial charge is 0.339 e. The Balaban J connectivity index is 1.86. The topological polar surface area (TPSA) is 51.0 Å². The molecule has 1 aliphatic heterocycles. The summed E-state index contributed by atoms with van der Waals surface area (Å²) < 4.78 is 43.3. The zero-order valence-electron chi connectivity index (χ0n) is 11.2. The first kappa shape index (κ1) is 14.1. The maximum absolute atomic E-state index is 12.7. The number of aromatic nitrogens is 2. The second-order valence-corrected chi connectivity index (χ2v) is 5.08. The van der Waals surface area contributed by atoms with Gasteiger partial charge in [0.1, 0.15) is 0 Å². The Morgan fingerprint density at radius 3 is 2.86 bits per heavy atom. The first-order chi connectivity index (χ1) is 10.0. The van der Waals surface area contributed by atoms with E-state index < -0.39 is 11.7 Å².